The zero-order valence-corrected chi connectivity index (χ0v) is 13.7. The molecule has 0 atom stereocenters. The number of hydrogen-bond donors (Lipinski definition) is 0. The summed E-state index contributed by atoms with van der Waals surface area (Å²) in [6.45, 7) is 2.42. The van der Waals surface area contributed by atoms with Gasteiger partial charge in [0.05, 0.1) is 17.3 Å². The molecule has 0 spiro atoms. The summed E-state index contributed by atoms with van der Waals surface area (Å²) in [4.78, 5) is 8.54. The molecule has 3 heterocycles. The van der Waals surface area contributed by atoms with Gasteiger partial charge in [-0.3, -0.25) is 0 Å². The highest BCUT2D eigenvalue weighted by Gasteiger charge is 2.10. The Morgan fingerprint density at radius 1 is 1.04 bits per heavy atom. The first-order valence-corrected chi connectivity index (χ1v) is 8.04. The number of aromatic nitrogens is 4. The lowest BCUT2D eigenvalue weighted by atomic mass is 10.3. The van der Waals surface area contributed by atoms with E-state index in [9.17, 15) is 0 Å². The Balaban J connectivity index is 1.62. The lowest BCUT2D eigenvalue weighted by Gasteiger charge is -2.01. The van der Waals surface area contributed by atoms with Crippen molar-refractivity contribution in [3.05, 3.63) is 66.5 Å². The molecule has 0 unspecified atom stereocenters. The first kappa shape index (κ1) is 15.2. The van der Waals surface area contributed by atoms with Crippen molar-refractivity contribution in [2.45, 2.75) is 19.9 Å². The smallest absolute Gasteiger partial charge is 0.188 e. The van der Waals surface area contributed by atoms with E-state index in [0.29, 0.717) is 18.0 Å². The van der Waals surface area contributed by atoms with Gasteiger partial charge in [-0.1, -0.05) is 25.1 Å². The van der Waals surface area contributed by atoms with Gasteiger partial charge in [-0.05, 0) is 24.3 Å². The molecule has 0 radical (unpaired) electrons. The highest BCUT2D eigenvalue weighted by atomic mass is 16.3. The Hall–Kier alpha value is -3.35. The molecule has 25 heavy (non-hydrogen) atoms. The molecule has 0 aliphatic heterocycles. The highest BCUT2D eigenvalue weighted by molar-refractivity contribution is 5.85. The van der Waals surface area contributed by atoms with Crippen LogP contribution in [0.2, 0.25) is 0 Å². The van der Waals surface area contributed by atoms with Gasteiger partial charge in [0.25, 0.3) is 0 Å². The molecular formula is C18H16N6O. The molecule has 4 rings (SSSR count). The number of benzene rings is 1. The fraction of sp³-hybridized carbons (Fsp3) is 0.167. The van der Waals surface area contributed by atoms with E-state index in [2.05, 4.69) is 25.3 Å². The van der Waals surface area contributed by atoms with Gasteiger partial charge < -0.3 is 4.42 Å². The first-order valence-electron chi connectivity index (χ1n) is 8.04. The molecule has 0 saturated heterocycles. The van der Waals surface area contributed by atoms with Crippen molar-refractivity contribution in [2.24, 2.45) is 10.2 Å². The van der Waals surface area contributed by atoms with Crippen LogP contribution in [-0.2, 0) is 13.0 Å². The van der Waals surface area contributed by atoms with E-state index in [-0.39, 0.29) is 0 Å². The summed E-state index contributed by atoms with van der Waals surface area (Å²) in [7, 11) is 0. The SMILES string of the molecule is CCc1ccc(CN=Nc2ncnc3c2cnn3-c2ccccc2)o1. The predicted octanol–water partition coefficient (Wildman–Crippen LogP) is 4.25. The normalized spacial score (nSPS) is 11.6. The lowest BCUT2D eigenvalue weighted by molar-refractivity contribution is 0.469. The number of rotatable bonds is 5. The van der Waals surface area contributed by atoms with E-state index in [1.807, 2.05) is 49.4 Å². The van der Waals surface area contributed by atoms with Crippen molar-refractivity contribution in [1.29, 1.82) is 0 Å². The van der Waals surface area contributed by atoms with Crippen molar-refractivity contribution in [3.8, 4) is 5.69 Å². The van der Waals surface area contributed by atoms with Crippen molar-refractivity contribution < 1.29 is 4.42 Å². The fourth-order valence-electron chi connectivity index (χ4n) is 2.54. The fourth-order valence-corrected chi connectivity index (χ4v) is 2.54. The molecule has 0 N–H and O–H groups in total. The van der Waals surface area contributed by atoms with Crippen LogP contribution in [0.5, 0.6) is 0 Å². The quantitative estimate of drug-likeness (QED) is 0.511. The number of aryl methyl sites for hydroxylation is 1. The molecule has 0 bridgehead atoms. The summed E-state index contributed by atoms with van der Waals surface area (Å²) in [6, 6.07) is 13.7. The van der Waals surface area contributed by atoms with Gasteiger partial charge in [0.1, 0.15) is 24.4 Å². The van der Waals surface area contributed by atoms with Crippen LogP contribution in [0.3, 0.4) is 0 Å². The number of furan rings is 1. The van der Waals surface area contributed by atoms with Gasteiger partial charge in [-0.2, -0.15) is 10.2 Å². The van der Waals surface area contributed by atoms with E-state index in [0.717, 1.165) is 29.0 Å². The Labute approximate surface area is 144 Å². The van der Waals surface area contributed by atoms with Crippen LogP contribution in [-0.4, -0.2) is 19.7 Å². The summed E-state index contributed by atoms with van der Waals surface area (Å²) >= 11 is 0. The average Bonchev–Trinajstić information content (AvgIpc) is 3.29. The Morgan fingerprint density at radius 3 is 2.68 bits per heavy atom. The minimum absolute atomic E-state index is 0.373. The van der Waals surface area contributed by atoms with Crippen molar-refractivity contribution in [2.75, 3.05) is 0 Å². The summed E-state index contributed by atoms with van der Waals surface area (Å²) in [5.41, 5.74) is 1.63. The van der Waals surface area contributed by atoms with Crippen molar-refractivity contribution >= 4 is 16.9 Å². The number of hydrogen-bond acceptors (Lipinski definition) is 6. The number of fused-ring (bicyclic) bond motifs is 1. The van der Waals surface area contributed by atoms with E-state index in [1.165, 1.54) is 6.33 Å². The van der Waals surface area contributed by atoms with Gasteiger partial charge in [-0.25, -0.2) is 14.6 Å². The summed E-state index contributed by atoms with van der Waals surface area (Å²) in [5, 5.41) is 13.6. The van der Waals surface area contributed by atoms with Crippen molar-refractivity contribution in [1.82, 2.24) is 19.7 Å². The maximum absolute atomic E-state index is 5.62. The zero-order valence-electron chi connectivity index (χ0n) is 13.7. The number of para-hydroxylation sites is 1. The van der Waals surface area contributed by atoms with Crippen LogP contribution >= 0.6 is 0 Å². The number of nitrogens with zero attached hydrogens (tertiary/aromatic N) is 6. The third-order valence-corrected chi connectivity index (χ3v) is 3.80. The highest BCUT2D eigenvalue weighted by Crippen LogP contribution is 2.24. The van der Waals surface area contributed by atoms with Crippen LogP contribution < -0.4 is 0 Å². The van der Waals surface area contributed by atoms with Gasteiger partial charge in [-0.15, -0.1) is 5.11 Å². The molecule has 0 amide bonds. The van der Waals surface area contributed by atoms with Crippen molar-refractivity contribution in [3.63, 3.8) is 0 Å². The summed E-state index contributed by atoms with van der Waals surface area (Å²) < 4.78 is 7.38. The topological polar surface area (TPSA) is 81.5 Å². The molecule has 0 saturated carbocycles. The second-order valence-corrected chi connectivity index (χ2v) is 5.45. The molecule has 7 heteroatoms. The monoisotopic (exact) mass is 332 g/mol. The predicted molar refractivity (Wildman–Crippen MR) is 93.0 cm³/mol. The van der Waals surface area contributed by atoms with Crippen LogP contribution in [0.1, 0.15) is 18.4 Å². The zero-order chi connectivity index (χ0) is 17.1. The Morgan fingerprint density at radius 2 is 1.88 bits per heavy atom. The minimum atomic E-state index is 0.373. The van der Waals surface area contributed by atoms with E-state index < -0.39 is 0 Å². The van der Waals surface area contributed by atoms with Crippen LogP contribution in [0, 0.1) is 0 Å². The molecule has 1 aromatic carbocycles. The second kappa shape index (κ2) is 6.64. The van der Waals surface area contributed by atoms with Crippen LogP contribution in [0.15, 0.2) is 69.6 Å². The third-order valence-electron chi connectivity index (χ3n) is 3.80. The average molecular weight is 332 g/mol. The minimum Gasteiger partial charge on any atom is -0.464 e. The Kier molecular flexibility index (Phi) is 4.04. The first-order chi connectivity index (χ1) is 12.3. The molecule has 124 valence electrons. The molecule has 3 aromatic heterocycles. The van der Waals surface area contributed by atoms with E-state index in [4.69, 9.17) is 4.42 Å². The van der Waals surface area contributed by atoms with E-state index >= 15 is 0 Å². The van der Waals surface area contributed by atoms with Crippen LogP contribution in [0.4, 0.5) is 5.82 Å². The summed E-state index contributed by atoms with van der Waals surface area (Å²) in [6.07, 6.45) is 4.04. The number of azo groups is 1. The van der Waals surface area contributed by atoms with Gasteiger partial charge in [0.15, 0.2) is 11.5 Å². The van der Waals surface area contributed by atoms with Gasteiger partial charge in [0.2, 0.25) is 0 Å². The molecule has 0 fully saturated rings. The van der Waals surface area contributed by atoms with Gasteiger partial charge in [0, 0.05) is 6.42 Å². The van der Waals surface area contributed by atoms with Gasteiger partial charge >= 0.3 is 0 Å². The molecular weight excluding hydrogens is 316 g/mol. The Bertz CT molecular complexity index is 1020. The van der Waals surface area contributed by atoms with E-state index in [1.54, 1.807) is 10.9 Å². The maximum Gasteiger partial charge on any atom is 0.188 e. The molecule has 7 nitrogen and oxygen atoms in total. The lowest BCUT2D eigenvalue weighted by Crippen LogP contribution is -1.96. The summed E-state index contributed by atoms with van der Waals surface area (Å²) in [5.74, 6) is 2.22. The maximum atomic E-state index is 5.62. The largest absolute Gasteiger partial charge is 0.464 e. The second-order valence-electron chi connectivity index (χ2n) is 5.45. The molecule has 0 aliphatic carbocycles. The van der Waals surface area contributed by atoms with Crippen LogP contribution in [0.25, 0.3) is 16.7 Å². The molecule has 4 aromatic rings. The third kappa shape index (κ3) is 3.03. The standard InChI is InChI=1S/C18H16N6O/c1-2-14-8-9-15(25-14)10-21-23-17-16-11-22-24(18(16)20-12-19-17)13-6-4-3-5-7-13/h3-9,11-12H,2,10H2,1H3. The molecule has 0 aliphatic rings.